The molecule has 0 aliphatic heterocycles. The molecular weight excluding hydrogens is 396 g/mol. The summed E-state index contributed by atoms with van der Waals surface area (Å²) in [5.74, 6) is 1.45. The van der Waals surface area contributed by atoms with Gasteiger partial charge in [0, 0.05) is 34.7 Å². The number of carbonyl (C=O) groups is 1. The molecule has 0 radical (unpaired) electrons. The van der Waals surface area contributed by atoms with Gasteiger partial charge in [-0.3, -0.25) is 4.79 Å². The van der Waals surface area contributed by atoms with Crippen molar-refractivity contribution in [3.63, 3.8) is 0 Å². The summed E-state index contributed by atoms with van der Waals surface area (Å²) in [7, 11) is 1.64. The highest BCUT2D eigenvalue weighted by Gasteiger charge is 2.16. The molecule has 0 saturated carbocycles. The predicted molar refractivity (Wildman–Crippen MR) is 118 cm³/mol. The first kappa shape index (κ1) is 20.3. The topological polar surface area (TPSA) is 86.7 Å². The van der Waals surface area contributed by atoms with E-state index >= 15 is 0 Å². The van der Waals surface area contributed by atoms with Crippen molar-refractivity contribution in [2.75, 3.05) is 19.0 Å². The van der Waals surface area contributed by atoms with Crippen molar-refractivity contribution >= 4 is 28.3 Å². The van der Waals surface area contributed by atoms with Gasteiger partial charge in [0.15, 0.2) is 5.82 Å². The zero-order valence-electron chi connectivity index (χ0n) is 17.5. The van der Waals surface area contributed by atoms with Crippen LogP contribution in [0.5, 0.6) is 11.5 Å². The second-order valence-corrected chi connectivity index (χ2v) is 6.86. The molecule has 158 valence electrons. The first-order valence-corrected chi connectivity index (χ1v) is 9.81. The van der Waals surface area contributed by atoms with Gasteiger partial charge < -0.3 is 23.7 Å². The third-order valence-electron chi connectivity index (χ3n) is 4.82. The Bertz CT molecular complexity index is 1240. The fourth-order valence-corrected chi connectivity index (χ4v) is 3.37. The molecule has 31 heavy (non-hydrogen) atoms. The molecule has 0 spiro atoms. The van der Waals surface area contributed by atoms with Crippen LogP contribution in [0.1, 0.15) is 19.4 Å². The van der Waals surface area contributed by atoms with Crippen LogP contribution < -0.4 is 14.8 Å². The number of hydrogen-bond acceptors (Lipinski definition) is 6. The van der Waals surface area contributed by atoms with Crippen LogP contribution in [0.25, 0.3) is 27.7 Å². The van der Waals surface area contributed by atoms with Gasteiger partial charge in [0.05, 0.1) is 20.0 Å². The van der Waals surface area contributed by atoms with Gasteiger partial charge in [-0.05, 0) is 43.2 Å². The van der Waals surface area contributed by atoms with Crippen LogP contribution in [0.3, 0.4) is 0 Å². The van der Waals surface area contributed by atoms with Crippen LogP contribution in [-0.2, 0) is 4.79 Å². The molecule has 0 bridgehead atoms. The van der Waals surface area contributed by atoms with E-state index in [0.29, 0.717) is 23.8 Å². The number of hydrogen-bond donors (Lipinski definition) is 1. The molecule has 0 unspecified atom stereocenters. The smallest absolute Gasteiger partial charge is 0.249 e. The average molecular weight is 418 g/mol. The van der Waals surface area contributed by atoms with E-state index in [2.05, 4.69) is 10.5 Å². The lowest BCUT2D eigenvalue weighted by Crippen LogP contribution is -2.09. The molecule has 4 aromatic rings. The summed E-state index contributed by atoms with van der Waals surface area (Å²) in [5, 5.41) is 7.27. The maximum atomic E-state index is 12.4. The van der Waals surface area contributed by atoms with Gasteiger partial charge in [-0.2, -0.15) is 0 Å². The van der Waals surface area contributed by atoms with Crippen LogP contribution in [0, 0.1) is 0 Å². The molecule has 4 rings (SSSR count). The zero-order valence-corrected chi connectivity index (χ0v) is 17.5. The molecule has 2 aromatic heterocycles. The van der Waals surface area contributed by atoms with Gasteiger partial charge in [0.25, 0.3) is 0 Å². The van der Waals surface area contributed by atoms with Crippen molar-refractivity contribution in [3.8, 4) is 22.6 Å². The Balaban J connectivity index is 1.76. The van der Waals surface area contributed by atoms with E-state index in [1.54, 1.807) is 19.4 Å². The number of nitrogens with zero attached hydrogens (tertiary/aromatic N) is 1. The standard InChI is InChI=1S/C24H22N2O5/c1-4-29-21-13-22-19(20(14-30-22)16-6-5-7-17(11-16)28-3)12-18(21)15(2)10-24(27)25-23-8-9-31-26-23/h5-14H,4H2,1-3H3,(H,25,26,27)/b15-10+. The number of furan rings is 1. The maximum Gasteiger partial charge on any atom is 0.249 e. The van der Waals surface area contributed by atoms with E-state index in [-0.39, 0.29) is 5.91 Å². The van der Waals surface area contributed by atoms with Crippen molar-refractivity contribution in [2.45, 2.75) is 13.8 Å². The van der Waals surface area contributed by atoms with Crippen molar-refractivity contribution in [2.24, 2.45) is 0 Å². The minimum Gasteiger partial charge on any atom is -0.497 e. The lowest BCUT2D eigenvalue weighted by atomic mass is 9.99. The van der Waals surface area contributed by atoms with Crippen LogP contribution >= 0.6 is 0 Å². The average Bonchev–Trinajstić information content (AvgIpc) is 3.42. The summed E-state index contributed by atoms with van der Waals surface area (Å²) in [4.78, 5) is 12.4. The van der Waals surface area contributed by atoms with Crippen LogP contribution in [0.4, 0.5) is 5.82 Å². The summed E-state index contributed by atoms with van der Waals surface area (Å²) in [6, 6.07) is 13.2. The Morgan fingerprint density at radius 2 is 2.10 bits per heavy atom. The molecule has 0 atom stereocenters. The first-order valence-electron chi connectivity index (χ1n) is 9.81. The third-order valence-corrected chi connectivity index (χ3v) is 4.82. The molecule has 0 saturated heterocycles. The SMILES string of the molecule is CCOc1cc2occ(-c3cccc(OC)c3)c2cc1/C(C)=C/C(=O)Nc1ccon1. The largest absolute Gasteiger partial charge is 0.497 e. The number of nitrogens with one attached hydrogen (secondary N) is 1. The molecule has 1 amide bonds. The van der Waals surface area contributed by atoms with Gasteiger partial charge >= 0.3 is 0 Å². The summed E-state index contributed by atoms with van der Waals surface area (Å²) < 4.78 is 21.7. The van der Waals surface area contributed by atoms with Gasteiger partial charge in [-0.1, -0.05) is 17.3 Å². The van der Waals surface area contributed by atoms with Crippen molar-refractivity contribution < 1.29 is 23.2 Å². The lowest BCUT2D eigenvalue weighted by Gasteiger charge is -2.12. The summed E-state index contributed by atoms with van der Waals surface area (Å²) in [6.07, 6.45) is 4.62. The highest BCUT2D eigenvalue weighted by atomic mass is 16.5. The highest BCUT2D eigenvalue weighted by Crippen LogP contribution is 2.38. The number of benzene rings is 2. The van der Waals surface area contributed by atoms with E-state index in [1.807, 2.05) is 50.2 Å². The molecule has 7 nitrogen and oxygen atoms in total. The minimum atomic E-state index is -0.311. The van der Waals surface area contributed by atoms with E-state index in [0.717, 1.165) is 33.4 Å². The number of amides is 1. The van der Waals surface area contributed by atoms with E-state index < -0.39 is 0 Å². The minimum absolute atomic E-state index is 0.311. The zero-order chi connectivity index (χ0) is 21.8. The number of allylic oxidation sites excluding steroid dienone is 1. The maximum absolute atomic E-state index is 12.4. The quantitative estimate of drug-likeness (QED) is 0.397. The number of rotatable bonds is 7. The number of aromatic nitrogens is 1. The lowest BCUT2D eigenvalue weighted by molar-refractivity contribution is -0.111. The van der Waals surface area contributed by atoms with Crippen LogP contribution in [0.2, 0.25) is 0 Å². The van der Waals surface area contributed by atoms with Crippen LogP contribution in [0.15, 0.2) is 70.0 Å². The number of ether oxygens (including phenoxy) is 2. The highest BCUT2D eigenvalue weighted by molar-refractivity contribution is 6.05. The third kappa shape index (κ3) is 4.30. The monoisotopic (exact) mass is 418 g/mol. The molecule has 2 heterocycles. The van der Waals surface area contributed by atoms with E-state index in [9.17, 15) is 4.79 Å². The molecule has 2 aromatic carbocycles. The fourth-order valence-electron chi connectivity index (χ4n) is 3.37. The van der Waals surface area contributed by atoms with E-state index in [4.69, 9.17) is 18.4 Å². The molecule has 0 aliphatic carbocycles. The molecule has 7 heteroatoms. The molecule has 0 fully saturated rings. The molecule has 0 aliphatic rings. The molecule has 1 N–H and O–H groups in total. The summed E-state index contributed by atoms with van der Waals surface area (Å²) in [6.45, 7) is 4.26. The van der Waals surface area contributed by atoms with E-state index in [1.165, 1.54) is 12.3 Å². The Morgan fingerprint density at radius 3 is 2.84 bits per heavy atom. The Hall–Kier alpha value is -4.00. The Labute approximate surface area is 179 Å². The van der Waals surface area contributed by atoms with Gasteiger partial charge in [-0.25, -0.2) is 0 Å². The Kier molecular flexibility index (Phi) is 5.75. The summed E-state index contributed by atoms with van der Waals surface area (Å²) in [5.41, 5.74) is 4.14. The second-order valence-electron chi connectivity index (χ2n) is 6.86. The first-order chi connectivity index (χ1) is 15.1. The predicted octanol–water partition coefficient (Wildman–Crippen LogP) is 5.54. The fraction of sp³-hybridized carbons (Fsp3) is 0.167. The normalized spacial score (nSPS) is 11.5. The molecular formula is C24H22N2O5. The second kappa shape index (κ2) is 8.79. The number of fused-ring (bicyclic) bond motifs is 1. The number of methoxy groups -OCH3 is 1. The van der Waals surface area contributed by atoms with Gasteiger partial charge in [0.1, 0.15) is 23.3 Å². The Morgan fingerprint density at radius 1 is 1.23 bits per heavy atom. The van der Waals surface area contributed by atoms with Gasteiger partial charge in [-0.15, -0.1) is 0 Å². The van der Waals surface area contributed by atoms with Crippen molar-refractivity contribution in [3.05, 3.63) is 66.6 Å². The van der Waals surface area contributed by atoms with Crippen molar-refractivity contribution in [1.29, 1.82) is 0 Å². The summed E-state index contributed by atoms with van der Waals surface area (Å²) >= 11 is 0. The number of carbonyl (C=O) groups excluding carboxylic acids is 1. The van der Waals surface area contributed by atoms with Crippen molar-refractivity contribution in [1.82, 2.24) is 5.16 Å². The van der Waals surface area contributed by atoms with Crippen LogP contribution in [-0.4, -0.2) is 24.8 Å². The number of anilines is 1. The van der Waals surface area contributed by atoms with Gasteiger partial charge in [0.2, 0.25) is 5.91 Å².